The Hall–Kier alpha value is -2.23. The van der Waals surface area contributed by atoms with Gasteiger partial charge in [0, 0.05) is 29.4 Å². The summed E-state index contributed by atoms with van der Waals surface area (Å²) in [6, 6.07) is 6.73. The fourth-order valence-electron chi connectivity index (χ4n) is 2.54. The molecule has 3 rings (SSSR count). The number of halogens is 2. The number of rotatable bonds is 2. The maximum absolute atomic E-state index is 14.7. The molecule has 0 unspecified atom stereocenters. The van der Waals surface area contributed by atoms with Crippen LogP contribution in [-0.2, 0) is 4.79 Å². The number of esters is 1. The number of hydrogen-bond acceptors (Lipinski definition) is 5. The minimum atomic E-state index is -2.05. The van der Waals surface area contributed by atoms with Gasteiger partial charge in [-0.05, 0) is 31.3 Å². The zero-order valence-electron chi connectivity index (χ0n) is 12.1. The van der Waals surface area contributed by atoms with Gasteiger partial charge in [-0.3, -0.25) is 4.98 Å². The lowest BCUT2D eigenvalue weighted by Crippen LogP contribution is -2.46. The van der Waals surface area contributed by atoms with E-state index in [4.69, 9.17) is 16.3 Å². The molecule has 0 bridgehead atoms. The molecular formula is C16H13ClFN3O2. The van der Waals surface area contributed by atoms with Crippen molar-refractivity contribution in [2.45, 2.75) is 18.5 Å². The van der Waals surface area contributed by atoms with Crippen LogP contribution in [0.2, 0.25) is 5.02 Å². The monoisotopic (exact) mass is 333 g/mol. The highest BCUT2D eigenvalue weighted by atomic mass is 35.5. The molecule has 1 aliphatic rings. The van der Waals surface area contributed by atoms with Crippen molar-refractivity contribution in [2.75, 3.05) is 13.1 Å². The molecule has 1 aromatic carbocycles. The number of carbonyl (C=O) groups is 1. The molecule has 0 atom stereocenters. The van der Waals surface area contributed by atoms with Crippen LogP contribution >= 0.6 is 11.6 Å². The third-order valence-corrected chi connectivity index (χ3v) is 4.09. The van der Waals surface area contributed by atoms with Crippen molar-refractivity contribution in [1.29, 1.82) is 5.26 Å². The van der Waals surface area contributed by atoms with Gasteiger partial charge in [-0.1, -0.05) is 11.6 Å². The van der Waals surface area contributed by atoms with Gasteiger partial charge in [-0.25, -0.2) is 9.18 Å². The molecule has 0 amide bonds. The van der Waals surface area contributed by atoms with E-state index >= 15 is 0 Å². The molecule has 7 heteroatoms. The molecule has 1 aliphatic heterocycles. The predicted octanol–water partition coefficient (Wildman–Crippen LogP) is 2.76. The Morgan fingerprint density at radius 1 is 1.43 bits per heavy atom. The van der Waals surface area contributed by atoms with Crippen molar-refractivity contribution >= 4 is 28.5 Å². The highest BCUT2D eigenvalue weighted by molar-refractivity contribution is 6.31. The molecule has 2 aromatic rings. The summed E-state index contributed by atoms with van der Waals surface area (Å²) in [6.07, 6.45) is 1.38. The number of ether oxygens (including phenoxy) is 1. The van der Waals surface area contributed by atoms with E-state index in [1.165, 1.54) is 6.20 Å². The molecule has 1 saturated heterocycles. The van der Waals surface area contributed by atoms with Crippen LogP contribution in [0, 0.1) is 11.3 Å². The van der Waals surface area contributed by atoms with Crippen LogP contribution in [0.15, 0.2) is 24.4 Å². The third-order valence-electron chi connectivity index (χ3n) is 3.86. The van der Waals surface area contributed by atoms with Gasteiger partial charge in [0.05, 0.1) is 5.52 Å². The first-order valence-corrected chi connectivity index (χ1v) is 7.51. The molecule has 0 spiro atoms. The number of pyridine rings is 1. The first-order valence-electron chi connectivity index (χ1n) is 7.14. The molecule has 118 valence electrons. The zero-order valence-corrected chi connectivity index (χ0v) is 12.9. The van der Waals surface area contributed by atoms with E-state index in [9.17, 15) is 14.4 Å². The quantitative estimate of drug-likeness (QED) is 0.855. The van der Waals surface area contributed by atoms with Crippen LogP contribution in [0.25, 0.3) is 10.9 Å². The van der Waals surface area contributed by atoms with E-state index in [0.29, 0.717) is 29.0 Å². The van der Waals surface area contributed by atoms with Crippen molar-refractivity contribution in [3.8, 4) is 11.8 Å². The molecule has 2 heterocycles. The van der Waals surface area contributed by atoms with Crippen molar-refractivity contribution in [1.82, 2.24) is 10.3 Å². The van der Waals surface area contributed by atoms with Gasteiger partial charge >= 0.3 is 5.97 Å². The average molecular weight is 334 g/mol. The summed E-state index contributed by atoms with van der Waals surface area (Å²) in [7, 11) is 0. The lowest BCUT2D eigenvalue weighted by molar-refractivity contribution is -0.149. The fraction of sp³-hybridized carbons (Fsp3) is 0.312. The van der Waals surface area contributed by atoms with Gasteiger partial charge in [-0.15, -0.1) is 0 Å². The minimum Gasteiger partial charge on any atom is -0.422 e. The third kappa shape index (κ3) is 2.98. The maximum atomic E-state index is 14.7. The maximum Gasteiger partial charge on any atom is 0.349 e. The molecular weight excluding hydrogens is 321 g/mol. The van der Waals surface area contributed by atoms with Gasteiger partial charge in [0.25, 0.3) is 0 Å². The summed E-state index contributed by atoms with van der Waals surface area (Å²) in [4.78, 5) is 16.4. The summed E-state index contributed by atoms with van der Waals surface area (Å²) < 4.78 is 20.0. The number of nitrogens with zero attached hydrogens (tertiary/aromatic N) is 2. The first kappa shape index (κ1) is 15.7. The van der Waals surface area contributed by atoms with Crippen LogP contribution in [0.4, 0.5) is 4.39 Å². The normalized spacial score (nSPS) is 16.7. The Balaban J connectivity index is 2.03. The predicted molar refractivity (Wildman–Crippen MR) is 83.0 cm³/mol. The summed E-state index contributed by atoms with van der Waals surface area (Å²) >= 11 is 5.97. The number of fused-ring (bicyclic) bond motifs is 1. The molecule has 0 saturated carbocycles. The number of carbonyl (C=O) groups excluding carboxylic acids is 1. The molecule has 23 heavy (non-hydrogen) atoms. The van der Waals surface area contributed by atoms with Gasteiger partial charge in [-0.2, -0.15) is 5.26 Å². The summed E-state index contributed by atoms with van der Waals surface area (Å²) in [5.41, 5.74) is -1.48. The number of piperidine rings is 1. The lowest BCUT2D eigenvalue weighted by Gasteiger charge is -2.27. The van der Waals surface area contributed by atoms with Gasteiger partial charge in [0.2, 0.25) is 5.67 Å². The second-order valence-corrected chi connectivity index (χ2v) is 5.82. The number of nitriles is 1. The van der Waals surface area contributed by atoms with E-state index in [1.807, 2.05) is 6.07 Å². The highest BCUT2D eigenvalue weighted by Gasteiger charge is 2.42. The van der Waals surface area contributed by atoms with E-state index < -0.39 is 11.6 Å². The van der Waals surface area contributed by atoms with E-state index in [0.717, 1.165) is 0 Å². The number of nitrogens with one attached hydrogen (secondary N) is 1. The lowest BCUT2D eigenvalue weighted by atomic mass is 9.94. The van der Waals surface area contributed by atoms with E-state index in [1.54, 1.807) is 18.2 Å². The van der Waals surface area contributed by atoms with Crippen LogP contribution in [0.5, 0.6) is 5.75 Å². The van der Waals surface area contributed by atoms with E-state index in [2.05, 4.69) is 10.3 Å². The Morgan fingerprint density at radius 2 is 2.17 bits per heavy atom. The number of aromatic nitrogens is 1. The van der Waals surface area contributed by atoms with Gasteiger partial charge in [0.1, 0.15) is 11.6 Å². The van der Waals surface area contributed by atoms with Crippen molar-refractivity contribution in [3.63, 3.8) is 0 Å². The first-order chi connectivity index (χ1) is 11.0. The fourth-order valence-corrected chi connectivity index (χ4v) is 2.71. The van der Waals surface area contributed by atoms with Crippen LogP contribution in [0.3, 0.4) is 0 Å². The summed E-state index contributed by atoms with van der Waals surface area (Å²) in [6.45, 7) is 0.805. The van der Waals surface area contributed by atoms with Crippen molar-refractivity contribution in [3.05, 3.63) is 35.0 Å². The average Bonchev–Trinajstić information content (AvgIpc) is 2.56. The zero-order chi connectivity index (χ0) is 16.4. The molecule has 1 fully saturated rings. The molecule has 1 aromatic heterocycles. The number of hydrogen-bond donors (Lipinski definition) is 1. The van der Waals surface area contributed by atoms with Crippen molar-refractivity contribution < 1.29 is 13.9 Å². The minimum absolute atomic E-state index is 0.000516. The standard InChI is InChI=1S/C16H13ClFN3O2/c17-11-1-2-13-12(7-11)14(10(8-19)9-21-13)23-15(22)16(18)3-5-20-6-4-16/h1-2,7,9,20H,3-6H2. The number of benzene rings is 1. The topological polar surface area (TPSA) is 75.0 Å². The Labute approximate surface area is 137 Å². The van der Waals surface area contributed by atoms with Crippen LogP contribution in [0.1, 0.15) is 18.4 Å². The SMILES string of the molecule is N#Cc1cnc2ccc(Cl)cc2c1OC(=O)C1(F)CCNCC1. The van der Waals surface area contributed by atoms with Crippen LogP contribution < -0.4 is 10.1 Å². The smallest absolute Gasteiger partial charge is 0.349 e. The Kier molecular flexibility index (Phi) is 4.16. The summed E-state index contributed by atoms with van der Waals surface area (Å²) in [5, 5.41) is 13.0. The second-order valence-electron chi connectivity index (χ2n) is 5.38. The molecule has 5 nitrogen and oxygen atoms in total. The van der Waals surface area contributed by atoms with Crippen molar-refractivity contribution in [2.24, 2.45) is 0 Å². The Bertz CT molecular complexity index is 813. The molecule has 1 N–H and O–H groups in total. The largest absolute Gasteiger partial charge is 0.422 e. The molecule has 0 radical (unpaired) electrons. The van der Waals surface area contributed by atoms with E-state index in [-0.39, 0.29) is 24.2 Å². The number of alkyl halides is 1. The van der Waals surface area contributed by atoms with Gasteiger partial charge < -0.3 is 10.1 Å². The van der Waals surface area contributed by atoms with Crippen LogP contribution in [-0.4, -0.2) is 29.7 Å². The summed E-state index contributed by atoms with van der Waals surface area (Å²) in [5.74, 6) is -0.983. The second kappa shape index (κ2) is 6.11. The molecule has 0 aliphatic carbocycles. The highest BCUT2D eigenvalue weighted by Crippen LogP contribution is 2.33. The Morgan fingerprint density at radius 3 is 2.87 bits per heavy atom. The van der Waals surface area contributed by atoms with Gasteiger partial charge in [0.15, 0.2) is 5.75 Å².